The number of methoxy groups -OCH3 is 1. The molecule has 26 heavy (non-hydrogen) atoms. The van der Waals surface area contributed by atoms with Crippen molar-refractivity contribution >= 4 is 5.91 Å². The average molecular weight is 351 g/mol. The largest absolute Gasteiger partial charge is 0.493 e. The fourth-order valence-corrected chi connectivity index (χ4v) is 2.55. The molecule has 134 valence electrons. The van der Waals surface area contributed by atoms with Crippen molar-refractivity contribution in [1.29, 1.82) is 0 Å². The lowest BCUT2D eigenvalue weighted by Crippen LogP contribution is -2.26. The summed E-state index contributed by atoms with van der Waals surface area (Å²) in [7, 11) is 1.55. The minimum Gasteiger partial charge on any atom is -0.493 e. The zero-order chi connectivity index (χ0) is 18.4. The summed E-state index contributed by atoms with van der Waals surface area (Å²) in [5.41, 5.74) is 1.55. The highest BCUT2D eigenvalue weighted by molar-refractivity contribution is 5.95. The molecule has 0 saturated heterocycles. The molecule has 1 heterocycles. The van der Waals surface area contributed by atoms with E-state index in [9.17, 15) is 4.79 Å². The van der Waals surface area contributed by atoms with Gasteiger partial charge < -0.3 is 19.2 Å². The Morgan fingerprint density at radius 1 is 1.08 bits per heavy atom. The van der Waals surface area contributed by atoms with Gasteiger partial charge in [-0.05, 0) is 42.8 Å². The Labute approximate surface area is 152 Å². The van der Waals surface area contributed by atoms with Gasteiger partial charge in [0.2, 0.25) is 0 Å². The Balaban J connectivity index is 1.68. The highest BCUT2D eigenvalue weighted by Gasteiger charge is 2.15. The average Bonchev–Trinajstić information content (AvgIpc) is 3.22. The first-order chi connectivity index (χ1) is 12.7. The maximum Gasteiger partial charge on any atom is 0.252 e. The van der Waals surface area contributed by atoms with Gasteiger partial charge >= 0.3 is 0 Å². The van der Waals surface area contributed by atoms with Gasteiger partial charge in [0, 0.05) is 5.56 Å². The second kappa shape index (κ2) is 8.25. The first kappa shape index (κ1) is 17.6. The summed E-state index contributed by atoms with van der Waals surface area (Å²) in [5, 5.41) is 2.90. The van der Waals surface area contributed by atoms with Crippen LogP contribution in [0.3, 0.4) is 0 Å². The van der Waals surface area contributed by atoms with Crippen LogP contribution in [0.4, 0.5) is 0 Å². The van der Waals surface area contributed by atoms with Crippen molar-refractivity contribution in [3.8, 4) is 11.5 Å². The molecule has 0 unspecified atom stereocenters. The number of hydrogen-bond acceptors (Lipinski definition) is 4. The molecule has 1 N–H and O–H groups in total. The van der Waals surface area contributed by atoms with Crippen LogP contribution in [0, 0.1) is 0 Å². The monoisotopic (exact) mass is 351 g/mol. The summed E-state index contributed by atoms with van der Waals surface area (Å²) >= 11 is 0. The van der Waals surface area contributed by atoms with E-state index in [0.29, 0.717) is 29.4 Å². The van der Waals surface area contributed by atoms with Crippen LogP contribution < -0.4 is 14.8 Å². The predicted octanol–water partition coefficient (Wildman–Crippen LogP) is 4.36. The Morgan fingerprint density at radius 3 is 2.58 bits per heavy atom. The molecule has 5 heteroatoms. The lowest BCUT2D eigenvalue weighted by molar-refractivity contribution is 0.0935. The molecule has 0 aliphatic rings. The maximum absolute atomic E-state index is 12.5. The molecule has 0 radical (unpaired) electrons. The number of furan rings is 1. The van der Waals surface area contributed by atoms with E-state index in [-0.39, 0.29) is 11.9 Å². The lowest BCUT2D eigenvalue weighted by atomic mass is 10.1. The molecule has 2 aromatic carbocycles. The molecule has 0 fully saturated rings. The third kappa shape index (κ3) is 4.25. The van der Waals surface area contributed by atoms with E-state index in [2.05, 4.69) is 5.32 Å². The number of benzene rings is 2. The van der Waals surface area contributed by atoms with Crippen LogP contribution in [0.25, 0.3) is 0 Å². The third-order valence-electron chi connectivity index (χ3n) is 3.98. The van der Waals surface area contributed by atoms with E-state index in [0.717, 1.165) is 5.56 Å². The molecule has 3 aromatic rings. The van der Waals surface area contributed by atoms with E-state index in [1.165, 1.54) is 0 Å². The summed E-state index contributed by atoms with van der Waals surface area (Å²) < 4.78 is 16.5. The van der Waals surface area contributed by atoms with Gasteiger partial charge in [0.05, 0.1) is 19.4 Å². The molecule has 0 saturated carbocycles. The number of rotatable bonds is 7. The Bertz CT molecular complexity index is 844. The topological polar surface area (TPSA) is 60.7 Å². The van der Waals surface area contributed by atoms with Crippen LogP contribution in [0.15, 0.2) is 71.3 Å². The summed E-state index contributed by atoms with van der Waals surface area (Å²) in [6.07, 6.45) is 1.58. The van der Waals surface area contributed by atoms with Gasteiger partial charge in [-0.2, -0.15) is 0 Å². The lowest BCUT2D eigenvalue weighted by Gasteiger charge is -2.14. The minimum atomic E-state index is -0.225. The molecule has 5 nitrogen and oxygen atoms in total. The van der Waals surface area contributed by atoms with Crippen molar-refractivity contribution < 1.29 is 18.7 Å². The quantitative estimate of drug-likeness (QED) is 0.687. The normalized spacial score (nSPS) is 11.6. The van der Waals surface area contributed by atoms with Crippen LogP contribution in [0.1, 0.15) is 34.6 Å². The van der Waals surface area contributed by atoms with Crippen molar-refractivity contribution in [2.75, 3.05) is 7.11 Å². The molecular weight excluding hydrogens is 330 g/mol. The molecule has 0 bridgehead atoms. The van der Waals surface area contributed by atoms with Crippen molar-refractivity contribution in [2.45, 2.75) is 19.6 Å². The zero-order valence-corrected chi connectivity index (χ0v) is 14.8. The summed E-state index contributed by atoms with van der Waals surface area (Å²) in [6, 6.07) is 18.4. The molecular formula is C21H21NO4. The smallest absolute Gasteiger partial charge is 0.252 e. The maximum atomic E-state index is 12.5. The second-order valence-electron chi connectivity index (χ2n) is 5.85. The predicted molar refractivity (Wildman–Crippen MR) is 98.4 cm³/mol. The Morgan fingerprint density at radius 2 is 1.88 bits per heavy atom. The SMILES string of the molecule is COc1cc(C(=O)N[C@H](C)c2ccco2)ccc1OCc1ccccc1. The van der Waals surface area contributed by atoms with Crippen molar-refractivity contribution in [3.05, 3.63) is 83.8 Å². The number of nitrogens with one attached hydrogen (secondary N) is 1. The van der Waals surface area contributed by atoms with Crippen LogP contribution in [-0.2, 0) is 6.61 Å². The first-order valence-corrected chi connectivity index (χ1v) is 8.36. The molecule has 3 rings (SSSR count). The van der Waals surface area contributed by atoms with Gasteiger partial charge in [-0.25, -0.2) is 0 Å². The van der Waals surface area contributed by atoms with Crippen LogP contribution >= 0.6 is 0 Å². The molecule has 0 spiro atoms. The standard InChI is InChI=1S/C21H21NO4/c1-15(18-9-6-12-25-18)22-21(23)17-10-11-19(20(13-17)24-2)26-14-16-7-4-3-5-8-16/h3-13,15H,14H2,1-2H3,(H,22,23)/t15-/m1/s1. The summed E-state index contributed by atoms with van der Waals surface area (Å²) in [6.45, 7) is 2.30. The van der Waals surface area contributed by atoms with E-state index in [1.54, 1.807) is 37.6 Å². The van der Waals surface area contributed by atoms with Gasteiger partial charge in [0.1, 0.15) is 12.4 Å². The minimum absolute atomic E-state index is 0.207. The fraction of sp³-hybridized carbons (Fsp3) is 0.190. The Hall–Kier alpha value is -3.21. The number of hydrogen-bond donors (Lipinski definition) is 1. The highest BCUT2D eigenvalue weighted by Crippen LogP contribution is 2.29. The number of carbonyl (C=O) groups is 1. The molecule has 1 atom stereocenters. The summed E-state index contributed by atoms with van der Waals surface area (Å²) in [5.74, 6) is 1.60. The molecule has 1 amide bonds. The van der Waals surface area contributed by atoms with E-state index >= 15 is 0 Å². The number of amides is 1. The highest BCUT2D eigenvalue weighted by atomic mass is 16.5. The van der Waals surface area contributed by atoms with Gasteiger partial charge in [-0.15, -0.1) is 0 Å². The zero-order valence-electron chi connectivity index (χ0n) is 14.8. The van der Waals surface area contributed by atoms with Gasteiger partial charge in [0.25, 0.3) is 5.91 Å². The van der Waals surface area contributed by atoms with E-state index in [1.807, 2.05) is 43.3 Å². The van der Waals surface area contributed by atoms with E-state index < -0.39 is 0 Å². The van der Waals surface area contributed by atoms with Crippen molar-refractivity contribution in [1.82, 2.24) is 5.32 Å². The number of ether oxygens (including phenoxy) is 2. The fourth-order valence-electron chi connectivity index (χ4n) is 2.55. The Kier molecular flexibility index (Phi) is 5.59. The van der Waals surface area contributed by atoms with Crippen LogP contribution in [0.2, 0.25) is 0 Å². The summed E-state index contributed by atoms with van der Waals surface area (Å²) in [4.78, 5) is 12.5. The van der Waals surface area contributed by atoms with Crippen LogP contribution in [-0.4, -0.2) is 13.0 Å². The van der Waals surface area contributed by atoms with Gasteiger partial charge in [-0.3, -0.25) is 4.79 Å². The van der Waals surface area contributed by atoms with Crippen molar-refractivity contribution in [3.63, 3.8) is 0 Å². The van der Waals surface area contributed by atoms with Crippen molar-refractivity contribution in [2.24, 2.45) is 0 Å². The van der Waals surface area contributed by atoms with Gasteiger partial charge in [0.15, 0.2) is 11.5 Å². The molecule has 1 aromatic heterocycles. The third-order valence-corrected chi connectivity index (χ3v) is 3.98. The van der Waals surface area contributed by atoms with E-state index in [4.69, 9.17) is 13.9 Å². The van der Waals surface area contributed by atoms with Gasteiger partial charge in [-0.1, -0.05) is 30.3 Å². The van der Waals surface area contributed by atoms with Crippen LogP contribution in [0.5, 0.6) is 11.5 Å². The first-order valence-electron chi connectivity index (χ1n) is 8.36. The second-order valence-corrected chi connectivity index (χ2v) is 5.85. The molecule has 0 aliphatic heterocycles. The molecule has 0 aliphatic carbocycles. The number of carbonyl (C=O) groups excluding carboxylic acids is 1.